The molecule has 2 aromatic rings. The van der Waals surface area contributed by atoms with Gasteiger partial charge in [0.2, 0.25) is 0 Å². The molecule has 0 aliphatic heterocycles. The first-order valence-electron chi connectivity index (χ1n) is 4.80. The van der Waals surface area contributed by atoms with Gasteiger partial charge in [-0.15, -0.1) is 0 Å². The van der Waals surface area contributed by atoms with E-state index in [9.17, 15) is 0 Å². The number of hydrogen-bond donors (Lipinski definition) is 0. The molecule has 0 aliphatic carbocycles. The maximum atomic E-state index is 4.51. The van der Waals surface area contributed by atoms with Crippen molar-refractivity contribution in [1.29, 1.82) is 0 Å². The monoisotopic (exact) mass is 189 g/mol. The van der Waals surface area contributed by atoms with E-state index in [0.717, 1.165) is 17.0 Å². The van der Waals surface area contributed by atoms with Gasteiger partial charge in [-0.3, -0.25) is 0 Å². The van der Waals surface area contributed by atoms with Crippen LogP contribution in [0.5, 0.6) is 0 Å². The lowest BCUT2D eigenvalue weighted by atomic mass is 9.96. The molecule has 0 unspecified atom stereocenters. The summed E-state index contributed by atoms with van der Waals surface area (Å²) < 4.78 is 1.94. The summed E-state index contributed by atoms with van der Waals surface area (Å²) >= 11 is 0. The fourth-order valence-electron chi connectivity index (χ4n) is 1.38. The first kappa shape index (κ1) is 9.19. The van der Waals surface area contributed by atoms with Gasteiger partial charge in [0.15, 0.2) is 5.82 Å². The zero-order chi connectivity index (χ0) is 10.3. The molecule has 0 amide bonds. The van der Waals surface area contributed by atoms with E-state index in [1.807, 2.05) is 23.7 Å². The SMILES string of the molecule is Cc1ccc2cnc(C(C)(C)C)nn12. The Balaban J connectivity index is 2.66. The molecule has 0 bridgehead atoms. The lowest BCUT2D eigenvalue weighted by Gasteiger charge is -2.15. The highest BCUT2D eigenvalue weighted by atomic mass is 15.3. The number of fused-ring (bicyclic) bond motifs is 1. The molecule has 74 valence electrons. The summed E-state index contributed by atoms with van der Waals surface area (Å²) in [5, 5.41) is 4.51. The minimum Gasteiger partial charge on any atom is -0.237 e. The van der Waals surface area contributed by atoms with Crippen LogP contribution in [0.1, 0.15) is 32.3 Å². The van der Waals surface area contributed by atoms with Gasteiger partial charge in [-0.25, -0.2) is 9.50 Å². The molecule has 0 radical (unpaired) electrons. The van der Waals surface area contributed by atoms with Crippen LogP contribution in [0.3, 0.4) is 0 Å². The van der Waals surface area contributed by atoms with E-state index in [4.69, 9.17) is 0 Å². The summed E-state index contributed by atoms with van der Waals surface area (Å²) in [6, 6.07) is 4.08. The van der Waals surface area contributed by atoms with Crippen molar-refractivity contribution >= 4 is 5.52 Å². The van der Waals surface area contributed by atoms with E-state index < -0.39 is 0 Å². The number of hydrogen-bond acceptors (Lipinski definition) is 2. The van der Waals surface area contributed by atoms with Gasteiger partial charge in [-0.2, -0.15) is 5.10 Å². The maximum absolute atomic E-state index is 4.51. The molecule has 2 heterocycles. The van der Waals surface area contributed by atoms with E-state index in [0.29, 0.717) is 0 Å². The molecular weight excluding hydrogens is 174 g/mol. The molecule has 0 N–H and O–H groups in total. The molecule has 0 saturated carbocycles. The molecule has 3 heteroatoms. The van der Waals surface area contributed by atoms with Crippen molar-refractivity contribution in [2.24, 2.45) is 0 Å². The molecule has 3 nitrogen and oxygen atoms in total. The number of rotatable bonds is 0. The van der Waals surface area contributed by atoms with Crippen LogP contribution in [0.25, 0.3) is 5.52 Å². The lowest BCUT2D eigenvalue weighted by molar-refractivity contribution is 0.528. The van der Waals surface area contributed by atoms with Crippen molar-refractivity contribution in [2.75, 3.05) is 0 Å². The number of aromatic nitrogens is 3. The van der Waals surface area contributed by atoms with Crippen LogP contribution in [-0.2, 0) is 5.41 Å². The van der Waals surface area contributed by atoms with Gasteiger partial charge in [0.1, 0.15) is 0 Å². The van der Waals surface area contributed by atoms with Crippen LogP contribution in [0, 0.1) is 6.92 Å². The molecule has 0 aromatic carbocycles. The molecule has 2 rings (SSSR count). The molecule has 14 heavy (non-hydrogen) atoms. The highest BCUT2D eigenvalue weighted by Gasteiger charge is 2.17. The topological polar surface area (TPSA) is 30.2 Å². The summed E-state index contributed by atoms with van der Waals surface area (Å²) in [7, 11) is 0. The van der Waals surface area contributed by atoms with Crippen LogP contribution in [0.2, 0.25) is 0 Å². The van der Waals surface area contributed by atoms with Crippen LogP contribution >= 0.6 is 0 Å². The molecule has 0 saturated heterocycles. The zero-order valence-corrected chi connectivity index (χ0v) is 9.07. The third-order valence-corrected chi connectivity index (χ3v) is 2.26. The summed E-state index contributed by atoms with van der Waals surface area (Å²) in [6.45, 7) is 8.40. The summed E-state index contributed by atoms with van der Waals surface area (Å²) in [6.07, 6.45) is 1.88. The van der Waals surface area contributed by atoms with Gasteiger partial charge in [-0.1, -0.05) is 20.8 Å². The Morgan fingerprint density at radius 1 is 1.21 bits per heavy atom. The quantitative estimate of drug-likeness (QED) is 0.636. The summed E-state index contributed by atoms with van der Waals surface area (Å²) in [5.41, 5.74) is 2.20. The minimum atomic E-state index is 0.00486. The Bertz CT molecular complexity index is 463. The van der Waals surface area contributed by atoms with Gasteiger partial charge in [-0.05, 0) is 19.1 Å². The highest BCUT2D eigenvalue weighted by Crippen LogP contribution is 2.18. The Kier molecular flexibility index (Phi) is 1.84. The average molecular weight is 189 g/mol. The van der Waals surface area contributed by atoms with Gasteiger partial charge in [0.05, 0.1) is 11.7 Å². The van der Waals surface area contributed by atoms with Gasteiger partial charge in [0, 0.05) is 11.1 Å². The van der Waals surface area contributed by atoms with Crippen LogP contribution < -0.4 is 0 Å². The molecular formula is C11H15N3. The average Bonchev–Trinajstić information content (AvgIpc) is 2.46. The van der Waals surface area contributed by atoms with E-state index in [1.165, 1.54) is 0 Å². The lowest BCUT2D eigenvalue weighted by Crippen LogP contribution is -2.17. The minimum absolute atomic E-state index is 0.00486. The zero-order valence-electron chi connectivity index (χ0n) is 9.07. The van der Waals surface area contributed by atoms with E-state index >= 15 is 0 Å². The second kappa shape index (κ2) is 2.80. The van der Waals surface area contributed by atoms with Crippen molar-refractivity contribution in [2.45, 2.75) is 33.1 Å². The highest BCUT2D eigenvalue weighted by molar-refractivity contribution is 5.45. The predicted molar refractivity (Wildman–Crippen MR) is 56.4 cm³/mol. The number of aryl methyl sites for hydroxylation is 1. The van der Waals surface area contributed by atoms with Crippen molar-refractivity contribution in [3.05, 3.63) is 29.8 Å². The van der Waals surface area contributed by atoms with Crippen LogP contribution in [0.15, 0.2) is 18.3 Å². The van der Waals surface area contributed by atoms with E-state index in [1.54, 1.807) is 0 Å². The molecule has 2 aromatic heterocycles. The van der Waals surface area contributed by atoms with Gasteiger partial charge < -0.3 is 0 Å². The Morgan fingerprint density at radius 3 is 2.57 bits per heavy atom. The Labute approximate surface area is 83.8 Å². The maximum Gasteiger partial charge on any atom is 0.154 e. The predicted octanol–water partition coefficient (Wildman–Crippen LogP) is 2.34. The first-order valence-corrected chi connectivity index (χ1v) is 4.80. The van der Waals surface area contributed by atoms with Crippen molar-refractivity contribution in [3.63, 3.8) is 0 Å². The van der Waals surface area contributed by atoms with Crippen molar-refractivity contribution in [3.8, 4) is 0 Å². The second-order valence-electron chi connectivity index (χ2n) is 4.64. The third kappa shape index (κ3) is 1.39. The largest absolute Gasteiger partial charge is 0.237 e. The smallest absolute Gasteiger partial charge is 0.154 e. The van der Waals surface area contributed by atoms with Crippen molar-refractivity contribution < 1.29 is 0 Å². The van der Waals surface area contributed by atoms with Gasteiger partial charge in [0.25, 0.3) is 0 Å². The third-order valence-electron chi connectivity index (χ3n) is 2.26. The molecule has 0 aliphatic rings. The van der Waals surface area contributed by atoms with Crippen LogP contribution in [-0.4, -0.2) is 14.6 Å². The normalized spacial score (nSPS) is 12.3. The van der Waals surface area contributed by atoms with E-state index in [2.05, 4.69) is 36.9 Å². The fraction of sp³-hybridized carbons (Fsp3) is 0.455. The number of nitrogens with zero attached hydrogens (tertiary/aromatic N) is 3. The van der Waals surface area contributed by atoms with Gasteiger partial charge >= 0.3 is 0 Å². The Hall–Kier alpha value is -1.38. The van der Waals surface area contributed by atoms with E-state index in [-0.39, 0.29) is 5.41 Å². The second-order valence-corrected chi connectivity index (χ2v) is 4.64. The fourth-order valence-corrected chi connectivity index (χ4v) is 1.38. The standard InChI is InChI=1S/C11H15N3/c1-8-5-6-9-7-12-10(11(2,3)4)13-14(8)9/h5-7H,1-4H3. The molecule has 0 spiro atoms. The summed E-state index contributed by atoms with van der Waals surface area (Å²) in [4.78, 5) is 4.36. The molecule has 0 fully saturated rings. The Morgan fingerprint density at radius 2 is 1.93 bits per heavy atom. The first-order chi connectivity index (χ1) is 6.48. The molecule has 0 atom stereocenters. The van der Waals surface area contributed by atoms with Crippen LogP contribution in [0.4, 0.5) is 0 Å². The van der Waals surface area contributed by atoms with Crippen molar-refractivity contribution in [1.82, 2.24) is 14.6 Å². The summed E-state index contributed by atoms with van der Waals surface area (Å²) in [5.74, 6) is 0.879.